The number of carbonyl (C=O) groups is 1. The van der Waals surface area contributed by atoms with Gasteiger partial charge < -0.3 is 9.88 Å². The van der Waals surface area contributed by atoms with Crippen LogP contribution >= 0.6 is 0 Å². The number of carbonyl (C=O) groups excluding carboxylic acids is 1. The van der Waals surface area contributed by atoms with Crippen LogP contribution in [-0.2, 0) is 9.45 Å². The first-order valence-corrected chi connectivity index (χ1v) is 2.00. The molecule has 0 saturated carbocycles. The molecular formula is C3H8BNO2. The number of hydrogen-bond acceptors (Lipinski definition) is 2. The molecule has 0 rings (SSSR count). The summed E-state index contributed by atoms with van der Waals surface area (Å²) in [6.07, 6.45) is 0. The van der Waals surface area contributed by atoms with Gasteiger partial charge in [-0.05, 0) is 0 Å². The molecule has 1 N–H and O–H groups in total. The number of amides is 1. The highest BCUT2D eigenvalue weighted by atomic mass is 16.4. The van der Waals surface area contributed by atoms with Crippen LogP contribution in [0, 0.1) is 0 Å². The highest BCUT2D eigenvalue weighted by Crippen LogP contribution is 1.55. The van der Waals surface area contributed by atoms with Crippen molar-refractivity contribution < 1.29 is 9.45 Å². The van der Waals surface area contributed by atoms with Crippen molar-refractivity contribution in [2.24, 2.45) is 0 Å². The fourth-order valence-electron chi connectivity index (χ4n) is 0.174. The molecular weight excluding hydrogens is 92.8 g/mol. The zero-order valence-corrected chi connectivity index (χ0v) is 4.52. The van der Waals surface area contributed by atoms with Crippen LogP contribution in [0.1, 0.15) is 6.92 Å². The first-order valence-electron chi connectivity index (χ1n) is 2.00. The van der Waals surface area contributed by atoms with E-state index in [0.29, 0.717) is 7.62 Å². The van der Waals surface area contributed by atoms with Gasteiger partial charge in [0.15, 0.2) is 0 Å². The molecule has 7 heavy (non-hydrogen) atoms. The number of rotatable bonds is 2. The summed E-state index contributed by atoms with van der Waals surface area (Å²) in [7, 11) is 1.82. The van der Waals surface area contributed by atoms with Gasteiger partial charge in [0.25, 0.3) is 0 Å². The molecule has 0 spiro atoms. The molecule has 0 aromatic heterocycles. The van der Waals surface area contributed by atoms with Gasteiger partial charge in [0.05, 0.1) is 0 Å². The minimum Gasteiger partial charge on any atom is -0.422 e. The Morgan fingerprint density at radius 2 is 2.43 bits per heavy atom. The zero-order chi connectivity index (χ0) is 5.70. The molecule has 4 heteroatoms. The van der Waals surface area contributed by atoms with Crippen molar-refractivity contribution in [3.8, 4) is 0 Å². The Balaban J connectivity index is 2.82. The van der Waals surface area contributed by atoms with Crippen molar-refractivity contribution >= 4 is 13.5 Å². The van der Waals surface area contributed by atoms with Crippen molar-refractivity contribution in [2.75, 3.05) is 7.11 Å². The van der Waals surface area contributed by atoms with Gasteiger partial charge in [-0.25, -0.2) is 0 Å². The van der Waals surface area contributed by atoms with Crippen LogP contribution in [-0.4, -0.2) is 20.6 Å². The van der Waals surface area contributed by atoms with Crippen LogP contribution in [0.15, 0.2) is 0 Å². The van der Waals surface area contributed by atoms with Crippen molar-refractivity contribution in [3.05, 3.63) is 0 Å². The molecule has 0 aliphatic heterocycles. The van der Waals surface area contributed by atoms with Gasteiger partial charge in [-0.15, -0.1) is 0 Å². The van der Waals surface area contributed by atoms with Crippen molar-refractivity contribution in [1.82, 2.24) is 5.23 Å². The summed E-state index contributed by atoms with van der Waals surface area (Å²) in [4.78, 5) is 10.0. The molecule has 0 unspecified atom stereocenters. The summed E-state index contributed by atoms with van der Waals surface area (Å²) in [5.74, 6) is -0.0677. The van der Waals surface area contributed by atoms with Crippen LogP contribution in [0.2, 0.25) is 0 Å². The quantitative estimate of drug-likeness (QED) is 0.454. The van der Waals surface area contributed by atoms with Crippen LogP contribution < -0.4 is 5.23 Å². The maximum atomic E-state index is 10.0. The second-order valence-corrected chi connectivity index (χ2v) is 1.17. The van der Waals surface area contributed by atoms with Crippen molar-refractivity contribution in [2.45, 2.75) is 6.92 Å². The standard InChI is InChI=1S/C3H8BNO2/c1-3(6)5-4-7-2/h4H,1-2H3,(H,5,6). The molecule has 3 nitrogen and oxygen atoms in total. The highest BCUT2D eigenvalue weighted by molar-refractivity contribution is 6.29. The van der Waals surface area contributed by atoms with Gasteiger partial charge in [0.2, 0.25) is 5.91 Å². The van der Waals surface area contributed by atoms with E-state index >= 15 is 0 Å². The zero-order valence-electron chi connectivity index (χ0n) is 4.52. The maximum Gasteiger partial charge on any atom is 0.396 e. The van der Waals surface area contributed by atoms with Crippen molar-refractivity contribution in [1.29, 1.82) is 0 Å². The minimum absolute atomic E-state index is 0.0677. The van der Waals surface area contributed by atoms with Crippen LogP contribution in [0.3, 0.4) is 0 Å². The molecule has 0 aromatic rings. The molecule has 0 fully saturated rings. The molecule has 0 bridgehead atoms. The number of nitrogens with one attached hydrogen (secondary N) is 1. The number of hydrogen-bond donors (Lipinski definition) is 1. The monoisotopic (exact) mass is 101 g/mol. The normalized spacial score (nSPS) is 7.71. The van der Waals surface area contributed by atoms with Crippen molar-refractivity contribution in [3.63, 3.8) is 0 Å². The van der Waals surface area contributed by atoms with E-state index in [0.717, 1.165) is 0 Å². The lowest BCUT2D eigenvalue weighted by molar-refractivity contribution is -0.117. The Hall–Kier alpha value is -0.505. The summed E-state index contributed by atoms with van der Waals surface area (Å²) >= 11 is 0. The second-order valence-electron chi connectivity index (χ2n) is 1.17. The van der Waals surface area contributed by atoms with Gasteiger partial charge >= 0.3 is 7.62 Å². The van der Waals surface area contributed by atoms with E-state index in [9.17, 15) is 4.79 Å². The Morgan fingerprint density at radius 1 is 1.86 bits per heavy atom. The summed E-state index contributed by atoms with van der Waals surface area (Å²) in [6.45, 7) is 1.44. The lowest BCUT2D eigenvalue weighted by atomic mass is 10.3. The highest BCUT2D eigenvalue weighted by Gasteiger charge is 1.87. The average molecular weight is 101 g/mol. The third-order valence-electron chi connectivity index (χ3n) is 0.465. The van der Waals surface area contributed by atoms with E-state index in [2.05, 4.69) is 9.88 Å². The second kappa shape index (κ2) is 3.68. The van der Waals surface area contributed by atoms with Gasteiger partial charge in [0.1, 0.15) is 0 Å². The Kier molecular flexibility index (Phi) is 3.41. The molecule has 0 aromatic carbocycles. The lowest BCUT2D eigenvalue weighted by Gasteiger charge is -1.92. The Labute approximate surface area is 43.3 Å². The molecule has 0 saturated heterocycles. The lowest BCUT2D eigenvalue weighted by Crippen LogP contribution is -2.25. The predicted molar refractivity (Wildman–Crippen MR) is 28.0 cm³/mol. The molecule has 40 valence electrons. The molecule has 0 atom stereocenters. The van der Waals surface area contributed by atoms with Crippen LogP contribution in [0.4, 0.5) is 0 Å². The summed E-state index contributed by atoms with van der Waals surface area (Å²) in [5.41, 5.74) is 0. The van der Waals surface area contributed by atoms with E-state index in [1.165, 1.54) is 14.0 Å². The fourth-order valence-corrected chi connectivity index (χ4v) is 0.174. The van der Waals surface area contributed by atoms with Gasteiger partial charge in [-0.2, -0.15) is 0 Å². The third-order valence-corrected chi connectivity index (χ3v) is 0.465. The SMILES string of the molecule is COBNC(C)=O. The van der Waals surface area contributed by atoms with Crippen LogP contribution in [0.25, 0.3) is 0 Å². The maximum absolute atomic E-state index is 10.0. The predicted octanol–water partition coefficient (Wildman–Crippen LogP) is -0.965. The van der Waals surface area contributed by atoms with E-state index in [1.807, 2.05) is 0 Å². The topological polar surface area (TPSA) is 38.3 Å². The van der Waals surface area contributed by atoms with Gasteiger partial charge in [-0.1, -0.05) is 0 Å². The van der Waals surface area contributed by atoms with Gasteiger partial charge in [-0.3, -0.25) is 4.79 Å². The molecule has 0 heterocycles. The van der Waals surface area contributed by atoms with Crippen LogP contribution in [0.5, 0.6) is 0 Å². The molecule has 1 amide bonds. The Morgan fingerprint density at radius 3 is 2.57 bits per heavy atom. The smallest absolute Gasteiger partial charge is 0.396 e. The Bertz CT molecular complexity index is 66.0. The summed E-state index contributed by atoms with van der Waals surface area (Å²) < 4.78 is 4.52. The van der Waals surface area contributed by atoms with E-state index < -0.39 is 0 Å². The van der Waals surface area contributed by atoms with E-state index in [1.54, 1.807) is 0 Å². The largest absolute Gasteiger partial charge is 0.422 e. The average Bonchev–Trinajstić information content (AvgIpc) is 1.61. The summed E-state index contributed by atoms with van der Waals surface area (Å²) in [5, 5.41) is 2.43. The third kappa shape index (κ3) is 5.49. The fraction of sp³-hybridized carbons (Fsp3) is 0.667. The molecule has 0 aliphatic rings. The first-order chi connectivity index (χ1) is 3.27. The van der Waals surface area contributed by atoms with Gasteiger partial charge in [0, 0.05) is 14.0 Å². The first kappa shape index (κ1) is 6.49. The van der Waals surface area contributed by atoms with E-state index in [-0.39, 0.29) is 5.91 Å². The summed E-state index contributed by atoms with van der Waals surface area (Å²) in [6, 6.07) is 0. The van der Waals surface area contributed by atoms with E-state index in [4.69, 9.17) is 0 Å². The minimum atomic E-state index is -0.0677. The molecule has 0 radical (unpaired) electrons. The molecule has 0 aliphatic carbocycles.